The first-order valence-corrected chi connectivity index (χ1v) is 19.8. The summed E-state index contributed by atoms with van der Waals surface area (Å²) in [5, 5.41) is 3.17. The van der Waals surface area contributed by atoms with Gasteiger partial charge in [0, 0.05) is 43.3 Å². The molecule has 3 aromatic carbocycles. The third-order valence-corrected chi connectivity index (χ3v) is 10.1. The van der Waals surface area contributed by atoms with Crippen LogP contribution in [0, 0.1) is 5.92 Å². The molecule has 1 aromatic heterocycles. The number of hydrogen-bond acceptors (Lipinski definition) is 4. The lowest BCUT2D eigenvalue weighted by molar-refractivity contribution is -0.117. The first kappa shape index (κ1) is 31.7. The number of nitrogens with zero attached hydrogens (tertiary/aromatic N) is 2. The zero-order chi connectivity index (χ0) is 31.1. The Kier molecular flexibility index (Phi) is 10.4. The second-order valence-electron chi connectivity index (χ2n) is 13.1. The monoisotopic (exact) mass is 609 g/mol. The fourth-order valence-corrected chi connectivity index (χ4v) is 6.36. The molecule has 2 atom stereocenters. The third kappa shape index (κ3) is 8.07. The highest BCUT2D eigenvalue weighted by atomic mass is 28.3. The standard InChI is InChI=1S/C37H47N3O3Si/c1-6-7-9-12-27-15-19-30(20-16-27)38-37(41)33-25-32(33)34-35(28-17-21-31(42-2)22-18-28)40(26-43-23-24-44(3,4)5)36(39-34)29-13-10-8-11-14-29/h8,10-11,13-22,32-33H,6-7,9,12,23-26H2,1-5H3,(H,38,41)/t32-,33-/m0/s1. The van der Waals surface area contributed by atoms with Gasteiger partial charge < -0.3 is 14.8 Å². The number of unbranched alkanes of at least 4 members (excludes halogenated alkanes) is 2. The van der Waals surface area contributed by atoms with Crippen LogP contribution < -0.4 is 10.1 Å². The van der Waals surface area contributed by atoms with E-state index >= 15 is 0 Å². The van der Waals surface area contributed by atoms with Crippen LogP contribution in [0.3, 0.4) is 0 Å². The molecule has 0 unspecified atom stereocenters. The van der Waals surface area contributed by atoms with Gasteiger partial charge in [0.05, 0.1) is 18.5 Å². The van der Waals surface area contributed by atoms with Crippen LogP contribution in [0.2, 0.25) is 25.7 Å². The zero-order valence-electron chi connectivity index (χ0n) is 26.9. The van der Waals surface area contributed by atoms with Crippen molar-refractivity contribution in [3.8, 4) is 28.4 Å². The molecule has 6 nitrogen and oxygen atoms in total. The Hall–Kier alpha value is -3.68. The Balaban J connectivity index is 1.42. The average Bonchev–Trinajstić information content (AvgIpc) is 3.74. The van der Waals surface area contributed by atoms with Crippen molar-refractivity contribution < 1.29 is 14.3 Å². The molecule has 1 fully saturated rings. The van der Waals surface area contributed by atoms with Gasteiger partial charge in [-0.2, -0.15) is 0 Å². The Bertz CT molecular complexity index is 1510. The van der Waals surface area contributed by atoms with E-state index in [0.717, 1.165) is 58.7 Å². The summed E-state index contributed by atoms with van der Waals surface area (Å²) in [4.78, 5) is 18.7. The van der Waals surface area contributed by atoms with E-state index in [1.807, 2.05) is 42.5 Å². The van der Waals surface area contributed by atoms with Crippen LogP contribution in [-0.4, -0.2) is 37.2 Å². The summed E-state index contributed by atoms with van der Waals surface area (Å²) in [6, 6.07) is 27.8. The van der Waals surface area contributed by atoms with Crippen LogP contribution in [0.5, 0.6) is 5.75 Å². The molecule has 0 bridgehead atoms. The van der Waals surface area contributed by atoms with Gasteiger partial charge in [0.15, 0.2) is 0 Å². The molecule has 1 aliphatic rings. The predicted molar refractivity (Wildman–Crippen MR) is 183 cm³/mol. The maximum Gasteiger partial charge on any atom is 0.228 e. The number of imidazole rings is 1. The highest BCUT2D eigenvalue weighted by Gasteiger charge is 2.47. The molecule has 4 aromatic rings. The van der Waals surface area contributed by atoms with Crippen LogP contribution in [-0.2, 0) is 22.7 Å². The molecule has 0 radical (unpaired) electrons. The van der Waals surface area contributed by atoms with Gasteiger partial charge in [-0.25, -0.2) is 4.98 Å². The molecule has 1 amide bonds. The molecule has 0 spiro atoms. The van der Waals surface area contributed by atoms with E-state index in [-0.39, 0.29) is 17.7 Å². The van der Waals surface area contributed by atoms with Crippen molar-refractivity contribution in [1.82, 2.24) is 9.55 Å². The lowest BCUT2D eigenvalue weighted by Crippen LogP contribution is -2.22. The van der Waals surface area contributed by atoms with Crippen molar-refractivity contribution in [3.05, 3.63) is 90.1 Å². The number of ether oxygens (including phenoxy) is 2. The summed E-state index contributed by atoms with van der Waals surface area (Å²) in [5.41, 5.74) is 6.19. The zero-order valence-corrected chi connectivity index (χ0v) is 27.9. The summed E-state index contributed by atoms with van der Waals surface area (Å²) in [5.74, 6) is 1.62. The van der Waals surface area contributed by atoms with Gasteiger partial charge in [-0.1, -0.05) is 81.9 Å². The maximum absolute atomic E-state index is 13.5. The van der Waals surface area contributed by atoms with Gasteiger partial charge in [-0.05, 0) is 67.3 Å². The van der Waals surface area contributed by atoms with Crippen LogP contribution in [0.15, 0.2) is 78.9 Å². The highest BCUT2D eigenvalue weighted by Crippen LogP contribution is 2.51. The number of carbonyl (C=O) groups is 1. The second kappa shape index (κ2) is 14.4. The lowest BCUT2D eigenvalue weighted by atomic mass is 10.1. The van der Waals surface area contributed by atoms with E-state index in [2.05, 4.69) is 72.8 Å². The Labute approximate surface area is 263 Å². The third-order valence-electron chi connectivity index (χ3n) is 8.38. The molecule has 1 aliphatic carbocycles. The van der Waals surface area contributed by atoms with Crippen molar-refractivity contribution in [2.75, 3.05) is 19.0 Å². The summed E-state index contributed by atoms with van der Waals surface area (Å²) < 4.78 is 14.0. The van der Waals surface area contributed by atoms with Crippen molar-refractivity contribution >= 4 is 19.7 Å². The van der Waals surface area contributed by atoms with Crippen LogP contribution >= 0.6 is 0 Å². The van der Waals surface area contributed by atoms with Crippen molar-refractivity contribution in [1.29, 1.82) is 0 Å². The van der Waals surface area contributed by atoms with Crippen molar-refractivity contribution in [2.45, 2.75) is 77.4 Å². The largest absolute Gasteiger partial charge is 0.497 e. The molecule has 44 heavy (non-hydrogen) atoms. The van der Waals surface area contributed by atoms with Gasteiger partial charge in [0.2, 0.25) is 5.91 Å². The maximum atomic E-state index is 13.5. The van der Waals surface area contributed by atoms with E-state index in [4.69, 9.17) is 14.5 Å². The average molecular weight is 610 g/mol. The molecule has 7 heteroatoms. The fraction of sp³-hybridized carbons (Fsp3) is 0.405. The number of amides is 1. The highest BCUT2D eigenvalue weighted by molar-refractivity contribution is 6.76. The normalized spacial score (nSPS) is 16.1. The summed E-state index contributed by atoms with van der Waals surface area (Å²) >= 11 is 0. The van der Waals surface area contributed by atoms with Crippen molar-refractivity contribution in [3.63, 3.8) is 0 Å². The van der Waals surface area contributed by atoms with E-state index in [0.29, 0.717) is 13.3 Å². The number of nitrogens with one attached hydrogen (secondary N) is 1. The SMILES string of the molecule is CCCCCc1ccc(NC(=O)[C@H]2C[C@@H]2c2nc(-c3ccccc3)n(COCC[Si](C)(C)C)c2-c2ccc(OC)cc2)cc1. The summed E-state index contributed by atoms with van der Waals surface area (Å²) in [7, 11) is 0.441. The molecule has 1 saturated carbocycles. The van der Waals surface area contributed by atoms with Gasteiger partial charge >= 0.3 is 0 Å². The molecule has 232 valence electrons. The number of aryl methyl sites for hydroxylation is 1. The van der Waals surface area contributed by atoms with Gasteiger partial charge in [-0.3, -0.25) is 9.36 Å². The van der Waals surface area contributed by atoms with E-state index < -0.39 is 8.07 Å². The fourth-order valence-electron chi connectivity index (χ4n) is 5.61. The van der Waals surface area contributed by atoms with E-state index in [1.165, 1.54) is 24.8 Å². The molecule has 0 aliphatic heterocycles. The number of hydrogen-bond donors (Lipinski definition) is 1. The molecule has 5 rings (SSSR count). The van der Waals surface area contributed by atoms with Gasteiger partial charge in [0.1, 0.15) is 18.3 Å². The lowest BCUT2D eigenvalue weighted by Gasteiger charge is -2.18. The predicted octanol–water partition coefficient (Wildman–Crippen LogP) is 9.01. The van der Waals surface area contributed by atoms with Crippen molar-refractivity contribution in [2.24, 2.45) is 5.92 Å². The van der Waals surface area contributed by atoms with E-state index in [1.54, 1.807) is 7.11 Å². The Morgan fingerprint density at radius 2 is 1.68 bits per heavy atom. The van der Waals surface area contributed by atoms with Gasteiger partial charge in [0.25, 0.3) is 0 Å². The molecule has 0 saturated heterocycles. The quantitative estimate of drug-likeness (QED) is 0.108. The van der Waals surface area contributed by atoms with Crippen LogP contribution in [0.25, 0.3) is 22.6 Å². The number of anilines is 1. The smallest absolute Gasteiger partial charge is 0.228 e. The van der Waals surface area contributed by atoms with E-state index in [9.17, 15) is 4.79 Å². The number of aromatic nitrogens is 2. The number of benzene rings is 3. The number of carbonyl (C=O) groups excluding carboxylic acids is 1. The minimum absolute atomic E-state index is 0.0334. The molecule has 1 heterocycles. The molecule has 1 N–H and O–H groups in total. The topological polar surface area (TPSA) is 65.4 Å². The van der Waals surface area contributed by atoms with Crippen LogP contribution in [0.1, 0.15) is 49.8 Å². The summed E-state index contributed by atoms with van der Waals surface area (Å²) in [6.07, 6.45) is 5.50. The number of methoxy groups -OCH3 is 1. The minimum atomic E-state index is -1.24. The first-order chi connectivity index (χ1) is 21.3. The molecular formula is C37H47N3O3Si. The first-order valence-electron chi connectivity index (χ1n) is 16.0. The Morgan fingerprint density at radius 1 is 0.955 bits per heavy atom. The number of rotatable bonds is 15. The Morgan fingerprint density at radius 3 is 2.34 bits per heavy atom. The van der Waals surface area contributed by atoms with Crippen LogP contribution in [0.4, 0.5) is 5.69 Å². The molecular weight excluding hydrogens is 563 g/mol. The minimum Gasteiger partial charge on any atom is -0.497 e. The van der Waals surface area contributed by atoms with Gasteiger partial charge in [-0.15, -0.1) is 0 Å². The summed E-state index contributed by atoms with van der Waals surface area (Å²) in [6.45, 7) is 10.4. The second-order valence-corrected chi connectivity index (χ2v) is 18.8.